The number of rotatable bonds is 6. The van der Waals surface area contributed by atoms with Crippen LogP contribution in [-0.2, 0) is 0 Å². The van der Waals surface area contributed by atoms with E-state index in [0.717, 1.165) is 88.8 Å². The van der Waals surface area contributed by atoms with Gasteiger partial charge in [-0.15, -0.1) is 0 Å². The Morgan fingerprint density at radius 2 is 0.887 bits per heavy atom. The second-order valence-electron chi connectivity index (χ2n) is 13.0. The van der Waals surface area contributed by atoms with Crippen LogP contribution in [0.1, 0.15) is 0 Å². The summed E-state index contributed by atoms with van der Waals surface area (Å²) < 4.78 is 6.35. The number of hydrogen-bond acceptors (Lipinski definition) is 5. The van der Waals surface area contributed by atoms with Crippen molar-refractivity contribution in [1.82, 2.24) is 19.9 Å². The summed E-state index contributed by atoms with van der Waals surface area (Å²) in [6, 6.07) is 62.1. The first-order valence-corrected chi connectivity index (χ1v) is 17.6. The molecule has 3 aromatic heterocycles. The Labute approximate surface area is 305 Å². The van der Waals surface area contributed by atoms with E-state index < -0.39 is 0 Å². The van der Waals surface area contributed by atoms with E-state index >= 15 is 0 Å². The van der Waals surface area contributed by atoms with E-state index in [9.17, 15) is 0 Å². The van der Waals surface area contributed by atoms with E-state index in [1.165, 1.54) is 0 Å². The van der Waals surface area contributed by atoms with Crippen LogP contribution < -0.4 is 0 Å². The summed E-state index contributed by atoms with van der Waals surface area (Å²) in [6.07, 6.45) is 0. The summed E-state index contributed by atoms with van der Waals surface area (Å²) in [7, 11) is 0. The number of aromatic nitrogens is 4. The molecule has 0 N–H and O–H groups in total. The van der Waals surface area contributed by atoms with E-state index in [-0.39, 0.29) is 0 Å². The van der Waals surface area contributed by atoms with Crippen LogP contribution in [-0.4, -0.2) is 19.9 Å². The van der Waals surface area contributed by atoms with Gasteiger partial charge in [0.2, 0.25) is 5.89 Å². The second kappa shape index (κ2) is 12.8. The Balaban J connectivity index is 1.15. The summed E-state index contributed by atoms with van der Waals surface area (Å²) in [5, 5.41) is 3.06. The van der Waals surface area contributed by atoms with Gasteiger partial charge in [0.05, 0.1) is 22.6 Å². The maximum absolute atomic E-state index is 6.35. The van der Waals surface area contributed by atoms with Gasteiger partial charge < -0.3 is 4.42 Å². The molecule has 3 heterocycles. The number of pyridine rings is 1. The van der Waals surface area contributed by atoms with Crippen molar-refractivity contribution in [3.05, 3.63) is 182 Å². The maximum Gasteiger partial charge on any atom is 0.227 e. The van der Waals surface area contributed by atoms with Crippen LogP contribution >= 0.6 is 0 Å². The average molecular weight is 679 g/mol. The zero-order chi connectivity index (χ0) is 35.1. The molecule has 0 aliphatic heterocycles. The summed E-state index contributed by atoms with van der Waals surface area (Å²) in [6.45, 7) is 0. The fourth-order valence-corrected chi connectivity index (χ4v) is 7.08. The number of nitrogens with zero attached hydrogens (tertiary/aromatic N) is 4. The van der Waals surface area contributed by atoms with Crippen LogP contribution in [0.15, 0.2) is 186 Å². The van der Waals surface area contributed by atoms with E-state index in [1.807, 2.05) is 91.0 Å². The molecule has 0 saturated heterocycles. The number of benzene rings is 7. The Bertz CT molecular complexity index is 2850. The Morgan fingerprint density at radius 3 is 1.55 bits per heavy atom. The molecule has 5 heteroatoms. The van der Waals surface area contributed by atoms with Crippen molar-refractivity contribution in [2.24, 2.45) is 0 Å². The molecule has 0 radical (unpaired) electrons. The minimum absolute atomic E-state index is 0.597. The monoisotopic (exact) mass is 678 g/mol. The minimum atomic E-state index is 0.597. The molecule has 0 fully saturated rings. The van der Waals surface area contributed by atoms with Crippen molar-refractivity contribution < 1.29 is 4.42 Å². The molecule has 0 aliphatic rings. The van der Waals surface area contributed by atoms with Crippen LogP contribution in [0.25, 0.3) is 101 Å². The quantitative estimate of drug-likeness (QED) is 0.164. The molecule has 10 rings (SSSR count). The predicted octanol–water partition coefficient (Wildman–Crippen LogP) is 12.3. The van der Waals surface area contributed by atoms with Crippen molar-refractivity contribution in [2.45, 2.75) is 0 Å². The number of oxazole rings is 1. The largest absolute Gasteiger partial charge is 0.436 e. The summed E-state index contributed by atoms with van der Waals surface area (Å²) >= 11 is 0. The van der Waals surface area contributed by atoms with Gasteiger partial charge in [0.15, 0.2) is 11.4 Å². The van der Waals surface area contributed by atoms with Gasteiger partial charge in [-0.2, -0.15) is 0 Å². The second-order valence-corrected chi connectivity index (χ2v) is 13.0. The fourth-order valence-electron chi connectivity index (χ4n) is 7.08. The van der Waals surface area contributed by atoms with Crippen LogP contribution in [0, 0.1) is 0 Å². The van der Waals surface area contributed by atoms with Crippen molar-refractivity contribution in [3.63, 3.8) is 0 Å². The van der Waals surface area contributed by atoms with Crippen molar-refractivity contribution in [2.75, 3.05) is 0 Å². The first-order valence-electron chi connectivity index (χ1n) is 17.6. The zero-order valence-corrected chi connectivity index (χ0v) is 28.5. The molecule has 53 heavy (non-hydrogen) atoms. The third-order valence-corrected chi connectivity index (χ3v) is 9.72. The van der Waals surface area contributed by atoms with Crippen molar-refractivity contribution in [3.8, 4) is 67.7 Å². The topological polar surface area (TPSA) is 64.7 Å². The fraction of sp³-hybridized carbons (Fsp3) is 0. The lowest BCUT2D eigenvalue weighted by molar-refractivity contribution is 0.620. The highest BCUT2D eigenvalue weighted by atomic mass is 16.3. The molecule has 0 saturated carbocycles. The van der Waals surface area contributed by atoms with Crippen molar-refractivity contribution >= 4 is 32.8 Å². The van der Waals surface area contributed by atoms with Crippen molar-refractivity contribution in [1.29, 1.82) is 0 Å². The third kappa shape index (κ3) is 5.61. The molecular formula is C48H30N4O. The molecule has 0 atom stereocenters. The minimum Gasteiger partial charge on any atom is -0.436 e. The zero-order valence-electron chi connectivity index (χ0n) is 28.5. The molecule has 248 valence electrons. The molecule has 0 spiro atoms. The SMILES string of the molecule is c1ccc(-c2ccc3c(c2)nc(-c2ccc(-c4cc(-c5ccccc5)nc(-c5ccccc5)n4)cc2)c2ccc4oc(-c5ccccc5)nc4c23)cc1. The average Bonchev–Trinajstić information content (AvgIpc) is 3.69. The smallest absolute Gasteiger partial charge is 0.227 e. The third-order valence-electron chi connectivity index (χ3n) is 9.72. The van der Waals surface area contributed by atoms with Crippen LogP contribution in [0.3, 0.4) is 0 Å². The van der Waals surface area contributed by atoms with Gasteiger partial charge in [-0.05, 0) is 47.5 Å². The van der Waals surface area contributed by atoms with Crippen LogP contribution in [0.2, 0.25) is 0 Å². The molecule has 0 amide bonds. The van der Waals surface area contributed by atoms with E-state index in [1.54, 1.807) is 0 Å². The van der Waals surface area contributed by atoms with Gasteiger partial charge in [0, 0.05) is 44.0 Å². The first kappa shape index (κ1) is 30.6. The molecule has 10 aromatic rings. The molecule has 7 aromatic carbocycles. The molecule has 5 nitrogen and oxygen atoms in total. The van der Waals surface area contributed by atoms with Gasteiger partial charge in [-0.25, -0.2) is 19.9 Å². The normalized spacial score (nSPS) is 11.4. The Kier molecular flexibility index (Phi) is 7.40. The number of fused-ring (bicyclic) bond motifs is 5. The van der Waals surface area contributed by atoms with Gasteiger partial charge in [-0.3, -0.25) is 0 Å². The van der Waals surface area contributed by atoms with Gasteiger partial charge >= 0.3 is 0 Å². The molecule has 0 unspecified atom stereocenters. The van der Waals surface area contributed by atoms with Gasteiger partial charge in [0.25, 0.3) is 0 Å². The highest BCUT2D eigenvalue weighted by Crippen LogP contribution is 2.40. The summed E-state index contributed by atoms with van der Waals surface area (Å²) in [4.78, 5) is 20.5. The molecule has 0 aliphatic carbocycles. The van der Waals surface area contributed by atoms with Gasteiger partial charge in [-0.1, -0.05) is 146 Å². The van der Waals surface area contributed by atoms with Gasteiger partial charge in [0.1, 0.15) is 5.52 Å². The first-order chi connectivity index (χ1) is 26.2. The highest BCUT2D eigenvalue weighted by Gasteiger charge is 2.19. The Morgan fingerprint density at radius 1 is 0.358 bits per heavy atom. The van der Waals surface area contributed by atoms with E-state index in [4.69, 9.17) is 24.4 Å². The lowest BCUT2D eigenvalue weighted by atomic mass is 9.96. The van der Waals surface area contributed by atoms with E-state index in [2.05, 4.69) is 91.0 Å². The van der Waals surface area contributed by atoms with Crippen LogP contribution in [0.4, 0.5) is 0 Å². The number of hydrogen-bond donors (Lipinski definition) is 0. The molecular weight excluding hydrogens is 649 g/mol. The Hall–Kier alpha value is -7.24. The lowest BCUT2D eigenvalue weighted by Crippen LogP contribution is -1.96. The maximum atomic E-state index is 6.35. The van der Waals surface area contributed by atoms with E-state index in [0.29, 0.717) is 11.7 Å². The summed E-state index contributed by atoms with van der Waals surface area (Å²) in [5.41, 5.74) is 12.3. The molecule has 0 bridgehead atoms. The standard InChI is InChI=1S/C48H30N4O/c1-5-13-31(14-6-1)37-25-26-38-42(29-37)49-45(39-27-28-43-46(44(38)39)52-48(53-43)36-19-11-4-12-20-36)34-23-21-33(22-24-34)41-30-40(32-15-7-2-8-16-32)50-47(51-41)35-17-9-3-10-18-35/h1-30H. The summed E-state index contributed by atoms with van der Waals surface area (Å²) in [5.74, 6) is 1.29. The highest BCUT2D eigenvalue weighted by molar-refractivity contribution is 6.21. The van der Waals surface area contributed by atoms with Crippen LogP contribution in [0.5, 0.6) is 0 Å². The lowest BCUT2D eigenvalue weighted by Gasteiger charge is -2.13. The predicted molar refractivity (Wildman–Crippen MR) is 215 cm³/mol.